The topological polar surface area (TPSA) is 99.0 Å². The number of carbonyl (C=O) groups is 2. The summed E-state index contributed by atoms with van der Waals surface area (Å²) in [7, 11) is 2.98. The van der Waals surface area contributed by atoms with E-state index in [1.54, 1.807) is 43.3 Å². The van der Waals surface area contributed by atoms with Gasteiger partial charge in [-0.1, -0.05) is 6.07 Å². The molecule has 1 amide bonds. The lowest BCUT2D eigenvalue weighted by Gasteiger charge is -2.21. The van der Waals surface area contributed by atoms with E-state index in [9.17, 15) is 9.59 Å². The Labute approximate surface area is 192 Å². The first kappa shape index (κ1) is 24.9. The van der Waals surface area contributed by atoms with Gasteiger partial charge in [-0.15, -0.1) is 0 Å². The molecule has 0 spiro atoms. The van der Waals surface area contributed by atoms with E-state index in [2.05, 4.69) is 10.2 Å². The molecule has 32 heavy (non-hydrogen) atoms. The molecular formula is C22H26ClN3O6. The second-order valence-corrected chi connectivity index (χ2v) is 6.69. The van der Waals surface area contributed by atoms with Gasteiger partial charge in [0.15, 0.2) is 17.3 Å². The molecule has 0 bridgehead atoms. The van der Waals surface area contributed by atoms with Crippen LogP contribution in [0.3, 0.4) is 0 Å². The number of hydrogen-bond donors (Lipinski definition) is 0. The van der Waals surface area contributed by atoms with Crippen molar-refractivity contribution >= 4 is 34.8 Å². The summed E-state index contributed by atoms with van der Waals surface area (Å²) < 4.78 is 22.4. The number of halogens is 1. The standard InChI is InChI=1S/C22H26ClN3O6/c1-6-31-18-10-8-9-17(21(18)32-7-2)26(23)22(28)20(14(3)27)25-24-16-12-11-15(29-4)13-19(16)30-5/h8-13,20H,6-7H2,1-5H3. The number of methoxy groups -OCH3 is 2. The van der Waals surface area contributed by atoms with E-state index in [-0.39, 0.29) is 11.4 Å². The van der Waals surface area contributed by atoms with Crippen molar-refractivity contribution in [1.29, 1.82) is 0 Å². The molecule has 0 radical (unpaired) electrons. The highest BCUT2D eigenvalue weighted by atomic mass is 35.5. The SMILES string of the molecule is CCOc1cccc(N(Cl)C(=O)C(N=Nc2ccc(OC)cc2OC)C(C)=O)c1OCC. The van der Waals surface area contributed by atoms with E-state index in [1.165, 1.54) is 21.1 Å². The van der Waals surface area contributed by atoms with Gasteiger partial charge in [-0.3, -0.25) is 9.59 Å². The molecule has 0 aromatic heterocycles. The zero-order valence-corrected chi connectivity index (χ0v) is 19.4. The van der Waals surface area contributed by atoms with Gasteiger partial charge >= 0.3 is 0 Å². The van der Waals surface area contributed by atoms with Crippen LogP contribution in [0.5, 0.6) is 23.0 Å². The highest BCUT2D eigenvalue weighted by Crippen LogP contribution is 2.39. The maximum atomic E-state index is 13.1. The van der Waals surface area contributed by atoms with Crippen LogP contribution in [0.2, 0.25) is 0 Å². The number of para-hydroxylation sites is 1. The van der Waals surface area contributed by atoms with Crippen molar-refractivity contribution in [2.75, 3.05) is 31.9 Å². The van der Waals surface area contributed by atoms with Gasteiger partial charge in [-0.05, 0) is 45.0 Å². The monoisotopic (exact) mass is 463 g/mol. The number of rotatable bonds is 11. The third kappa shape index (κ3) is 5.88. The molecule has 172 valence electrons. The van der Waals surface area contributed by atoms with E-state index in [4.69, 9.17) is 30.7 Å². The molecule has 2 aromatic rings. The van der Waals surface area contributed by atoms with Crippen molar-refractivity contribution in [3.8, 4) is 23.0 Å². The summed E-state index contributed by atoms with van der Waals surface area (Å²) in [5.41, 5.74) is 0.551. The minimum atomic E-state index is -1.47. The lowest BCUT2D eigenvalue weighted by Crippen LogP contribution is -2.36. The van der Waals surface area contributed by atoms with Crippen molar-refractivity contribution in [1.82, 2.24) is 0 Å². The number of ether oxygens (including phenoxy) is 4. The van der Waals surface area contributed by atoms with Crippen LogP contribution in [0.4, 0.5) is 11.4 Å². The number of ketones is 1. The van der Waals surface area contributed by atoms with Gasteiger partial charge in [-0.25, -0.2) is 4.42 Å². The maximum Gasteiger partial charge on any atom is 0.276 e. The lowest BCUT2D eigenvalue weighted by atomic mass is 10.2. The fourth-order valence-corrected chi connectivity index (χ4v) is 2.96. The fourth-order valence-electron chi connectivity index (χ4n) is 2.74. The Hall–Kier alpha value is -3.33. The smallest absolute Gasteiger partial charge is 0.276 e. The molecule has 0 aliphatic carbocycles. The molecule has 0 aliphatic heterocycles. The third-order valence-electron chi connectivity index (χ3n) is 4.24. The Bertz CT molecular complexity index is 982. The number of benzene rings is 2. The zero-order valence-electron chi connectivity index (χ0n) is 18.6. The molecule has 0 saturated carbocycles. The molecule has 2 aromatic carbocycles. The van der Waals surface area contributed by atoms with Crippen LogP contribution >= 0.6 is 11.8 Å². The molecule has 10 heteroatoms. The van der Waals surface area contributed by atoms with Crippen LogP contribution in [0.15, 0.2) is 46.6 Å². The molecule has 0 heterocycles. The van der Waals surface area contributed by atoms with E-state index in [1.807, 2.05) is 6.92 Å². The summed E-state index contributed by atoms with van der Waals surface area (Å²) in [6, 6.07) is 8.34. The van der Waals surface area contributed by atoms with Crippen LogP contribution in [0.1, 0.15) is 20.8 Å². The highest BCUT2D eigenvalue weighted by molar-refractivity contribution is 6.39. The first-order chi connectivity index (χ1) is 15.4. The lowest BCUT2D eigenvalue weighted by molar-refractivity contribution is -0.126. The van der Waals surface area contributed by atoms with Gasteiger partial charge < -0.3 is 18.9 Å². The van der Waals surface area contributed by atoms with E-state index in [0.717, 1.165) is 4.42 Å². The molecule has 1 unspecified atom stereocenters. The average Bonchev–Trinajstić information content (AvgIpc) is 2.79. The Morgan fingerprint density at radius 2 is 1.75 bits per heavy atom. The average molecular weight is 464 g/mol. The number of anilines is 1. The second kappa shape index (κ2) is 11.9. The van der Waals surface area contributed by atoms with Crippen LogP contribution in [-0.2, 0) is 9.59 Å². The molecule has 0 aliphatic rings. The summed E-state index contributed by atoms with van der Waals surface area (Å²) in [5.74, 6) is 0.324. The van der Waals surface area contributed by atoms with Gasteiger partial charge in [0.2, 0.25) is 6.04 Å². The third-order valence-corrected chi connectivity index (χ3v) is 4.59. The van der Waals surface area contributed by atoms with Gasteiger partial charge in [-0.2, -0.15) is 10.2 Å². The van der Waals surface area contributed by atoms with Crippen molar-refractivity contribution < 1.29 is 28.5 Å². The molecule has 0 fully saturated rings. The molecule has 0 saturated heterocycles. The van der Waals surface area contributed by atoms with Crippen molar-refractivity contribution in [2.24, 2.45) is 10.2 Å². The first-order valence-electron chi connectivity index (χ1n) is 9.89. The number of azo groups is 1. The van der Waals surface area contributed by atoms with E-state index >= 15 is 0 Å². The van der Waals surface area contributed by atoms with Crippen molar-refractivity contribution in [3.05, 3.63) is 36.4 Å². The minimum Gasteiger partial charge on any atom is -0.497 e. The van der Waals surface area contributed by atoms with Gasteiger partial charge in [0.05, 0.1) is 27.4 Å². The predicted octanol–water partition coefficient (Wildman–Crippen LogP) is 4.73. The van der Waals surface area contributed by atoms with Crippen LogP contribution in [-0.4, -0.2) is 45.2 Å². The summed E-state index contributed by atoms with van der Waals surface area (Å²) >= 11 is 6.34. The summed E-state index contributed by atoms with van der Waals surface area (Å²) in [6.07, 6.45) is 0. The molecule has 2 rings (SSSR count). The predicted molar refractivity (Wildman–Crippen MR) is 121 cm³/mol. The number of carbonyl (C=O) groups excluding carboxylic acids is 2. The Kier molecular flexibility index (Phi) is 9.27. The summed E-state index contributed by atoms with van der Waals surface area (Å²) in [4.78, 5) is 25.3. The Balaban J connectivity index is 2.38. The minimum absolute atomic E-state index is 0.230. The van der Waals surface area contributed by atoms with E-state index < -0.39 is 17.7 Å². The number of hydrogen-bond acceptors (Lipinski definition) is 8. The van der Waals surface area contributed by atoms with E-state index in [0.29, 0.717) is 36.1 Å². The summed E-state index contributed by atoms with van der Waals surface area (Å²) in [5, 5.41) is 7.98. The van der Waals surface area contributed by atoms with Gasteiger partial charge in [0, 0.05) is 17.8 Å². The number of nitrogens with zero attached hydrogens (tertiary/aromatic N) is 3. The van der Waals surface area contributed by atoms with Crippen LogP contribution in [0, 0.1) is 0 Å². The normalized spacial score (nSPS) is 11.7. The first-order valence-corrected chi connectivity index (χ1v) is 10.2. The number of amides is 1. The van der Waals surface area contributed by atoms with Crippen LogP contribution in [0.25, 0.3) is 0 Å². The zero-order chi connectivity index (χ0) is 23.7. The van der Waals surface area contributed by atoms with Crippen molar-refractivity contribution in [3.63, 3.8) is 0 Å². The number of Topliss-reactive ketones (excluding diaryl/α,β-unsaturated/α-hetero) is 1. The largest absolute Gasteiger partial charge is 0.497 e. The molecule has 0 N–H and O–H groups in total. The van der Waals surface area contributed by atoms with Crippen LogP contribution < -0.4 is 23.4 Å². The fraction of sp³-hybridized carbons (Fsp3) is 0.364. The van der Waals surface area contributed by atoms with Gasteiger partial charge in [0.25, 0.3) is 5.91 Å². The maximum absolute atomic E-state index is 13.1. The summed E-state index contributed by atoms with van der Waals surface area (Å²) in [6.45, 7) is 5.57. The Morgan fingerprint density at radius 1 is 1.03 bits per heavy atom. The molecular weight excluding hydrogens is 438 g/mol. The Morgan fingerprint density at radius 3 is 2.34 bits per heavy atom. The van der Waals surface area contributed by atoms with Crippen molar-refractivity contribution in [2.45, 2.75) is 26.8 Å². The molecule has 9 nitrogen and oxygen atoms in total. The second-order valence-electron chi connectivity index (χ2n) is 6.36. The molecule has 1 atom stereocenters. The van der Waals surface area contributed by atoms with Gasteiger partial charge in [0.1, 0.15) is 22.9 Å². The quantitative estimate of drug-likeness (QED) is 0.271. The highest BCUT2D eigenvalue weighted by Gasteiger charge is 2.31.